The van der Waals surface area contributed by atoms with Gasteiger partial charge in [-0.2, -0.15) is 0 Å². The van der Waals surface area contributed by atoms with Gasteiger partial charge in [0.2, 0.25) is 0 Å². The van der Waals surface area contributed by atoms with Gasteiger partial charge in [-0.25, -0.2) is 0 Å². The van der Waals surface area contributed by atoms with Gasteiger partial charge in [0.1, 0.15) is 0 Å². The first-order valence-electron chi connectivity index (χ1n) is 14.3. The highest BCUT2D eigenvalue weighted by Gasteiger charge is 2.63. The Bertz CT molecular complexity index is 870. The van der Waals surface area contributed by atoms with Gasteiger partial charge in [0.05, 0.1) is 0 Å². The summed E-state index contributed by atoms with van der Waals surface area (Å²) in [5, 5.41) is 0. The van der Waals surface area contributed by atoms with Crippen LogP contribution in [-0.2, 0) is 14.3 Å². The molecule has 0 amide bonds. The van der Waals surface area contributed by atoms with Crippen LogP contribution in [0.25, 0.3) is 0 Å². The maximum absolute atomic E-state index is 13.7. The van der Waals surface area contributed by atoms with E-state index in [9.17, 15) is 9.59 Å². The zero-order chi connectivity index (χ0) is 25.1. The number of rotatable bonds is 6. The molecule has 0 radical (unpaired) electrons. The number of carbonyl (C=O) groups is 2. The van der Waals surface area contributed by atoms with E-state index in [1.54, 1.807) is 11.1 Å². The summed E-state index contributed by atoms with van der Waals surface area (Å²) in [5.74, 6) is 2.23. The van der Waals surface area contributed by atoms with Crippen LogP contribution < -0.4 is 0 Å². The van der Waals surface area contributed by atoms with Crippen LogP contribution in [0.3, 0.4) is 0 Å². The largest absolute Gasteiger partial charge is 0.452 e. The van der Waals surface area contributed by atoms with E-state index in [2.05, 4.69) is 41.5 Å². The molecule has 192 valence electrons. The highest BCUT2D eigenvalue weighted by atomic mass is 16.6. The molecule has 0 heterocycles. The van der Waals surface area contributed by atoms with E-state index in [0.717, 1.165) is 43.4 Å². The van der Waals surface area contributed by atoms with Crippen molar-refractivity contribution in [3.8, 4) is 0 Å². The topological polar surface area (TPSA) is 43.4 Å². The minimum absolute atomic E-state index is 0.00976. The number of hydrogen-bond acceptors (Lipinski definition) is 3. The molecule has 0 aromatic heterocycles. The van der Waals surface area contributed by atoms with Gasteiger partial charge in [-0.05, 0) is 92.3 Å². The number of ketones is 1. The number of hydrogen-bond donors (Lipinski definition) is 0. The molecule has 4 rings (SSSR count). The lowest BCUT2D eigenvalue weighted by Gasteiger charge is -2.59. The van der Waals surface area contributed by atoms with Crippen molar-refractivity contribution in [3.05, 3.63) is 11.1 Å². The highest BCUT2D eigenvalue weighted by molar-refractivity contribution is 5.93. The zero-order valence-corrected chi connectivity index (χ0v) is 23.3. The maximum atomic E-state index is 13.7. The average Bonchev–Trinajstić information content (AvgIpc) is 3.02. The molecule has 4 aliphatic rings. The molecule has 0 spiro atoms. The summed E-state index contributed by atoms with van der Waals surface area (Å²) in [6.45, 7) is 18.1. The predicted octanol–water partition coefficient (Wildman–Crippen LogP) is 8.06. The van der Waals surface area contributed by atoms with E-state index >= 15 is 0 Å². The zero-order valence-electron chi connectivity index (χ0n) is 23.3. The Morgan fingerprint density at radius 3 is 2.29 bits per heavy atom. The molecule has 3 nitrogen and oxygen atoms in total. The Morgan fingerprint density at radius 1 is 0.941 bits per heavy atom. The number of Topliss-reactive ketones (excluding diaryl/α,β-unsaturated/α-hetero) is 1. The summed E-state index contributed by atoms with van der Waals surface area (Å²) in [4.78, 5) is 25.4. The first-order valence-corrected chi connectivity index (χ1v) is 14.3. The number of fused-ring (bicyclic) bond motifs is 4. The third kappa shape index (κ3) is 3.83. The molecule has 0 aromatic rings. The van der Waals surface area contributed by atoms with Crippen molar-refractivity contribution in [1.29, 1.82) is 0 Å². The minimum Gasteiger partial charge on any atom is -0.452 e. The van der Waals surface area contributed by atoms with E-state index < -0.39 is 5.60 Å². The second kappa shape index (κ2) is 8.77. The van der Waals surface area contributed by atoms with Crippen LogP contribution in [0, 0.1) is 39.9 Å². The van der Waals surface area contributed by atoms with Gasteiger partial charge in [0.25, 0.3) is 0 Å². The van der Waals surface area contributed by atoms with Gasteiger partial charge >= 0.3 is 5.97 Å². The lowest BCUT2D eigenvalue weighted by Crippen LogP contribution is -2.57. The summed E-state index contributed by atoms with van der Waals surface area (Å²) in [5.41, 5.74) is 2.99. The fourth-order valence-electron chi connectivity index (χ4n) is 9.27. The summed E-state index contributed by atoms with van der Waals surface area (Å²) >= 11 is 0. The van der Waals surface area contributed by atoms with Gasteiger partial charge in [0, 0.05) is 12.8 Å². The monoisotopic (exact) mass is 470 g/mol. The summed E-state index contributed by atoms with van der Waals surface area (Å²) < 4.78 is 5.61. The third-order valence-electron chi connectivity index (χ3n) is 11.6. The standard InChI is InChI=1S/C31H50O3/c1-20(2)10-9-11-21(3)23-14-16-30(7)25-12-13-26-27(33)31(8,34-22(4)32)19-18-28(26,5)24(25)15-17-29(23,30)6/h20-21,23,26H,9-19H2,1-8H3/t21-,23-,26-,28-,29-,30+,31+/m1/s1. The Balaban J connectivity index is 1.61. The van der Waals surface area contributed by atoms with E-state index in [0.29, 0.717) is 11.8 Å². The second-order valence-electron chi connectivity index (χ2n) is 13.9. The van der Waals surface area contributed by atoms with Crippen molar-refractivity contribution >= 4 is 11.8 Å². The molecule has 2 fully saturated rings. The van der Waals surface area contributed by atoms with Crippen molar-refractivity contribution in [2.45, 2.75) is 132 Å². The van der Waals surface area contributed by atoms with Gasteiger partial charge < -0.3 is 4.74 Å². The summed E-state index contributed by atoms with van der Waals surface area (Å²) in [6.07, 6.45) is 12.7. The smallest absolute Gasteiger partial charge is 0.303 e. The Hall–Kier alpha value is -1.12. The predicted molar refractivity (Wildman–Crippen MR) is 138 cm³/mol. The van der Waals surface area contributed by atoms with Gasteiger partial charge in [-0.1, -0.05) is 72.0 Å². The van der Waals surface area contributed by atoms with Crippen LogP contribution in [0.1, 0.15) is 126 Å². The Kier molecular flexibility index (Phi) is 6.69. The lowest BCUT2D eigenvalue weighted by atomic mass is 9.45. The number of allylic oxidation sites excluding steroid dienone is 2. The van der Waals surface area contributed by atoms with Crippen LogP contribution in [-0.4, -0.2) is 17.4 Å². The van der Waals surface area contributed by atoms with Gasteiger partial charge in [-0.15, -0.1) is 0 Å². The normalized spacial score (nSPS) is 42.8. The molecule has 0 aromatic carbocycles. The fourth-order valence-corrected chi connectivity index (χ4v) is 9.27. The molecule has 0 saturated heterocycles. The van der Waals surface area contributed by atoms with Crippen molar-refractivity contribution in [3.63, 3.8) is 0 Å². The first-order chi connectivity index (χ1) is 15.8. The number of esters is 1. The molecule has 2 saturated carbocycles. The van der Waals surface area contributed by atoms with Crippen LogP contribution in [0.4, 0.5) is 0 Å². The van der Waals surface area contributed by atoms with Gasteiger partial charge in [-0.3, -0.25) is 9.59 Å². The molecule has 0 N–H and O–H groups in total. The van der Waals surface area contributed by atoms with Crippen LogP contribution in [0.2, 0.25) is 0 Å². The van der Waals surface area contributed by atoms with Crippen LogP contribution in [0.5, 0.6) is 0 Å². The van der Waals surface area contributed by atoms with Crippen molar-refractivity contribution in [2.75, 3.05) is 0 Å². The average molecular weight is 471 g/mol. The van der Waals surface area contributed by atoms with Gasteiger partial charge in [0.15, 0.2) is 11.4 Å². The molecule has 0 aliphatic heterocycles. The molecule has 34 heavy (non-hydrogen) atoms. The molecule has 4 aliphatic carbocycles. The SMILES string of the molecule is CC(=O)O[C@@]1(C)CC[C@]2(C)C3=C(CC[C@@H]2C1=O)[C@]1(C)CC[C@H]([C@H](C)CCCC(C)C)[C@@]1(C)CC3. The van der Waals surface area contributed by atoms with Crippen molar-refractivity contribution in [2.24, 2.45) is 39.9 Å². The Labute approximate surface area is 208 Å². The quantitative estimate of drug-likeness (QED) is 0.291. The summed E-state index contributed by atoms with van der Waals surface area (Å²) in [6, 6.07) is 0. The van der Waals surface area contributed by atoms with Crippen LogP contribution in [0.15, 0.2) is 11.1 Å². The fraction of sp³-hybridized carbons (Fsp3) is 0.871. The molecular weight excluding hydrogens is 420 g/mol. The molecule has 7 atom stereocenters. The van der Waals surface area contributed by atoms with Crippen LogP contribution >= 0.6 is 0 Å². The van der Waals surface area contributed by atoms with Crippen molar-refractivity contribution < 1.29 is 14.3 Å². The molecule has 3 heteroatoms. The lowest BCUT2D eigenvalue weighted by molar-refractivity contribution is -0.174. The second-order valence-corrected chi connectivity index (χ2v) is 13.9. The van der Waals surface area contributed by atoms with E-state index in [4.69, 9.17) is 4.74 Å². The number of carbonyl (C=O) groups excluding carboxylic acids is 2. The molecular formula is C31H50O3. The van der Waals surface area contributed by atoms with Crippen molar-refractivity contribution in [1.82, 2.24) is 0 Å². The van der Waals surface area contributed by atoms with E-state index in [-0.39, 0.29) is 28.5 Å². The maximum Gasteiger partial charge on any atom is 0.303 e. The molecule has 0 unspecified atom stereocenters. The third-order valence-corrected chi connectivity index (χ3v) is 11.6. The minimum atomic E-state index is -0.939. The highest BCUT2D eigenvalue weighted by Crippen LogP contribution is 2.71. The van der Waals surface area contributed by atoms with E-state index in [1.165, 1.54) is 45.4 Å². The van der Waals surface area contributed by atoms with E-state index in [1.807, 2.05) is 6.92 Å². The first kappa shape index (κ1) is 26.0. The Morgan fingerprint density at radius 2 is 1.65 bits per heavy atom. The number of ether oxygens (including phenoxy) is 1. The summed E-state index contributed by atoms with van der Waals surface area (Å²) in [7, 11) is 0. The molecule has 0 bridgehead atoms.